The molecule has 1 aromatic carbocycles. The number of fused-ring (bicyclic) bond motifs is 1. The number of ether oxygens (including phenoxy) is 3. The molecule has 0 saturated heterocycles. The molecule has 1 aliphatic heterocycles. The molecule has 7 nitrogen and oxygen atoms in total. The summed E-state index contributed by atoms with van der Waals surface area (Å²) in [6, 6.07) is 7.86. The standard InChI is InChI=1S/C19H22N4O3/c1-4-8-25-14-7-6-12(9-15(14)24-5-2)17-13(10-20)18(21)26-19-16(17)11(3)22-23-19/h6-7,9,17H,4-5,8,21H2,1-3H3,(H,22,23)/t17-/m0/s1. The van der Waals surface area contributed by atoms with Gasteiger partial charge in [-0.25, -0.2) is 0 Å². The van der Waals surface area contributed by atoms with E-state index in [1.165, 1.54) is 0 Å². The number of hydrogen-bond acceptors (Lipinski definition) is 6. The lowest BCUT2D eigenvalue weighted by molar-refractivity contribution is 0.276. The molecule has 0 saturated carbocycles. The van der Waals surface area contributed by atoms with E-state index in [0.29, 0.717) is 36.2 Å². The minimum absolute atomic E-state index is 0.0702. The van der Waals surface area contributed by atoms with E-state index in [0.717, 1.165) is 23.2 Å². The second-order valence-electron chi connectivity index (χ2n) is 5.98. The number of aromatic amines is 1. The van der Waals surface area contributed by atoms with Gasteiger partial charge in [-0.2, -0.15) is 5.26 Å². The summed E-state index contributed by atoms with van der Waals surface area (Å²) >= 11 is 0. The zero-order valence-electron chi connectivity index (χ0n) is 15.1. The molecular formula is C19H22N4O3. The van der Waals surface area contributed by atoms with Gasteiger partial charge >= 0.3 is 0 Å². The molecule has 0 spiro atoms. The van der Waals surface area contributed by atoms with Gasteiger partial charge in [0.2, 0.25) is 11.8 Å². The number of benzene rings is 1. The van der Waals surface area contributed by atoms with Gasteiger partial charge in [-0.15, -0.1) is 5.10 Å². The molecule has 3 N–H and O–H groups in total. The Morgan fingerprint density at radius 3 is 2.81 bits per heavy atom. The Balaban J connectivity index is 2.11. The van der Waals surface area contributed by atoms with E-state index in [1.807, 2.05) is 39.0 Å². The Hall–Kier alpha value is -3.14. The van der Waals surface area contributed by atoms with Crippen molar-refractivity contribution in [1.82, 2.24) is 10.2 Å². The second-order valence-corrected chi connectivity index (χ2v) is 5.98. The Kier molecular flexibility index (Phi) is 5.03. The molecule has 0 radical (unpaired) electrons. The summed E-state index contributed by atoms with van der Waals surface area (Å²) < 4.78 is 17.0. The van der Waals surface area contributed by atoms with Crippen LogP contribution < -0.4 is 19.9 Å². The highest BCUT2D eigenvalue weighted by Gasteiger charge is 2.34. The van der Waals surface area contributed by atoms with Crippen LogP contribution in [-0.2, 0) is 0 Å². The molecule has 2 heterocycles. The summed E-state index contributed by atoms with van der Waals surface area (Å²) in [4.78, 5) is 0. The van der Waals surface area contributed by atoms with Crippen molar-refractivity contribution in [2.75, 3.05) is 13.2 Å². The first kappa shape index (κ1) is 17.7. The fourth-order valence-electron chi connectivity index (χ4n) is 3.04. The molecule has 0 aliphatic carbocycles. The lowest BCUT2D eigenvalue weighted by Gasteiger charge is -2.24. The summed E-state index contributed by atoms with van der Waals surface area (Å²) in [5, 5.41) is 16.7. The van der Waals surface area contributed by atoms with Gasteiger partial charge in [-0.05, 0) is 38.0 Å². The molecule has 1 aromatic heterocycles. The Morgan fingerprint density at radius 2 is 2.12 bits per heavy atom. The van der Waals surface area contributed by atoms with Crippen molar-refractivity contribution in [2.24, 2.45) is 5.73 Å². The molecule has 1 atom stereocenters. The van der Waals surface area contributed by atoms with E-state index in [2.05, 4.69) is 16.3 Å². The third-order valence-corrected chi connectivity index (χ3v) is 4.19. The Morgan fingerprint density at radius 1 is 1.31 bits per heavy atom. The number of nitrogens with zero attached hydrogens (tertiary/aromatic N) is 2. The molecule has 2 aromatic rings. The van der Waals surface area contributed by atoms with Crippen LogP contribution in [0.5, 0.6) is 17.4 Å². The molecule has 26 heavy (non-hydrogen) atoms. The molecule has 0 fully saturated rings. The molecule has 136 valence electrons. The maximum absolute atomic E-state index is 9.64. The smallest absolute Gasteiger partial charge is 0.244 e. The third-order valence-electron chi connectivity index (χ3n) is 4.19. The SMILES string of the molecule is CCCOc1ccc([C@H]2C(C#N)=C(N)Oc3n[nH]c(C)c32)cc1OCC. The first-order valence-electron chi connectivity index (χ1n) is 8.62. The van der Waals surface area contributed by atoms with Crippen LogP contribution in [-0.4, -0.2) is 23.4 Å². The normalized spacial score (nSPS) is 15.8. The predicted molar refractivity (Wildman–Crippen MR) is 96.0 cm³/mol. The van der Waals surface area contributed by atoms with Crippen molar-refractivity contribution in [2.45, 2.75) is 33.1 Å². The fraction of sp³-hybridized carbons (Fsp3) is 0.368. The van der Waals surface area contributed by atoms with Crippen molar-refractivity contribution in [1.29, 1.82) is 5.26 Å². The number of nitrogens with one attached hydrogen (secondary N) is 1. The molecular weight excluding hydrogens is 332 g/mol. The van der Waals surface area contributed by atoms with Crippen LogP contribution in [0.4, 0.5) is 0 Å². The van der Waals surface area contributed by atoms with Gasteiger partial charge in [-0.3, -0.25) is 5.10 Å². The average Bonchev–Trinajstić information content (AvgIpc) is 3.00. The van der Waals surface area contributed by atoms with E-state index < -0.39 is 0 Å². The number of allylic oxidation sites excluding steroid dienone is 1. The maximum atomic E-state index is 9.64. The van der Waals surface area contributed by atoms with Gasteiger partial charge in [0.05, 0.1) is 19.1 Å². The zero-order chi connectivity index (χ0) is 18.7. The fourth-order valence-corrected chi connectivity index (χ4v) is 3.04. The number of H-pyrrole nitrogens is 1. The van der Waals surface area contributed by atoms with Gasteiger partial charge < -0.3 is 19.9 Å². The molecule has 7 heteroatoms. The summed E-state index contributed by atoms with van der Waals surface area (Å²) in [5.74, 6) is 1.42. The van der Waals surface area contributed by atoms with E-state index in [4.69, 9.17) is 19.9 Å². The Bertz CT molecular complexity index is 879. The number of aromatic nitrogens is 2. The van der Waals surface area contributed by atoms with Gasteiger partial charge in [0, 0.05) is 11.3 Å². The first-order chi connectivity index (χ1) is 12.6. The predicted octanol–water partition coefficient (Wildman–Crippen LogP) is 3.12. The monoisotopic (exact) mass is 354 g/mol. The van der Waals surface area contributed by atoms with Crippen molar-refractivity contribution in [3.8, 4) is 23.4 Å². The highest BCUT2D eigenvalue weighted by molar-refractivity contribution is 5.57. The summed E-state index contributed by atoms with van der Waals surface area (Å²) in [6.07, 6.45) is 0.905. The van der Waals surface area contributed by atoms with Crippen LogP contribution in [0.3, 0.4) is 0 Å². The summed E-state index contributed by atoms with van der Waals surface area (Å²) in [5.41, 5.74) is 8.81. The van der Waals surface area contributed by atoms with E-state index >= 15 is 0 Å². The van der Waals surface area contributed by atoms with Crippen LogP contribution in [0, 0.1) is 18.3 Å². The number of aryl methyl sites for hydroxylation is 1. The van der Waals surface area contributed by atoms with Crippen molar-refractivity contribution >= 4 is 0 Å². The Labute approximate surface area is 152 Å². The molecule has 0 amide bonds. The van der Waals surface area contributed by atoms with Crippen LogP contribution in [0.1, 0.15) is 43.0 Å². The molecule has 3 rings (SSSR count). The highest BCUT2D eigenvalue weighted by atomic mass is 16.5. The first-order valence-corrected chi connectivity index (χ1v) is 8.62. The van der Waals surface area contributed by atoms with E-state index in [9.17, 15) is 5.26 Å². The third kappa shape index (κ3) is 3.06. The lowest BCUT2D eigenvalue weighted by atomic mass is 9.84. The van der Waals surface area contributed by atoms with E-state index in [-0.39, 0.29) is 11.8 Å². The zero-order valence-corrected chi connectivity index (χ0v) is 15.1. The highest BCUT2D eigenvalue weighted by Crippen LogP contribution is 2.44. The number of rotatable bonds is 6. The quantitative estimate of drug-likeness (QED) is 0.825. The molecule has 1 aliphatic rings. The average molecular weight is 354 g/mol. The number of nitrogens with two attached hydrogens (primary N) is 1. The number of hydrogen-bond donors (Lipinski definition) is 2. The van der Waals surface area contributed by atoms with Crippen LogP contribution >= 0.6 is 0 Å². The largest absolute Gasteiger partial charge is 0.490 e. The van der Waals surface area contributed by atoms with Gasteiger partial charge in [0.15, 0.2) is 11.5 Å². The van der Waals surface area contributed by atoms with Crippen molar-refractivity contribution < 1.29 is 14.2 Å². The second kappa shape index (κ2) is 7.40. The molecule has 0 bridgehead atoms. The van der Waals surface area contributed by atoms with E-state index in [1.54, 1.807) is 0 Å². The van der Waals surface area contributed by atoms with Crippen LogP contribution in [0.25, 0.3) is 0 Å². The summed E-state index contributed by atoms with van der Waals surface area (Å²) in [7, 11) is 0. The van der Waals surface area contributed by atoms with Crippen molar-refractivity contribution in [3.63, 3.8) is 0 Å². The van der Waals surface area contributed by atoms with Crippen LogP contribution in [0.2, 0.25) is 0 Å². The van der Waals surface area contributed by atoms with Gasteiger partial charge in [0.25, 0.3) is 0 Å². The number of nitriles is 1. The van der Waals surface area contributed by atoms with Crippen LogP contribution in [0.15, 0.2) is 29.7 Å². The summed E-state index contributed by atoms with van der Waals surface area (Å²) in [6.45, 7) is 6.98. The topological polar surface area (TPSA) is 106 Å². The lowest BCUT2D eigenvalue weighted by Crippen LogP contribution is -2.21. The minimum atomic E-state index is -0.373. The maximum Gasteiger partial charge on any atom is 0.244 e. The van der Waals surface area contributed by atoms with Gasteiger partial charge in [-0.1, -0.05) is 13.0 Å². The minimum Gasteiger partial charge on any atom is -0.490 e. The van der Waals surface area contributed by atoms with Crippen molar-refractivity contribution in [3.05, 3.63) is 46.5 Å². The molecule has 0 unspecified atom stereocenters. The van der Waals surface area contributed by atoms with Gasteiger partial charge in [0.1, 0.15) is 11.6 Å².